The number of hydrogen-bond acceptors (Lipinski definition) is 2. The van der Waals surface area contributed by atoms with Crippen LogP contribution in [0.1, 0.15) is 15.9 Å². The van der Waals surface area contributed by atoms with Crippen LogP contribution in [0, 0.1) is 12.8 Å². The molecule has 0 aromatic heterocycles. The van der Waals surface area contributed by atoms with Gasteiger partial charge in [-0.2, -0.15) is 0 Å². The maximum atomic E-state index is 12.6. The van der Waals surface area contributed by atoms with Crippen molar-refractivity contribution < 1.29 is 9.59 Å². The smallest absolute Gasteiger partial charge is 0.188 e. The van der Waals surface area contributed by atoms with Gasteiger partial charge >= 0.3 is 0 Å². The van der Waals surface area contributed by atoms with Crippen LogP contribution in [0.25, 0.3) is 0 Å². The van der Waals surface area contributed by atoms with Crippen LogP contribution in [0.2, 0.25) is 0 Å². The molecule has 4 heteroatoms. The lowest BCUT2D eigenvalue weighted by molar-refractivity contribution is -0.110. The van der Waals surface area contributed by atoms with Crippen LogP contribution in [0.5, 0.6) is 0 Å². The van der Waals surface area contributed by atoms with Crippen molar-refractivity contribution in [3.05, 3.63) is 58.7 Å². The van der Waals surface area contributed by atoms with E-state index in [4.69, 9.17) is 23.2 Å². The maximum absolute atomic E-state index is 12.6. The van der Waals surface area contributed by atoms with Crippen LogP contribution in [0.15, 0.2) is 47.5 Å². The fraction of sp³-hybridized carbons (Fsp3) is 0.200. The predicted molar refractivity (Wildman–Crippen MR) is 76.7 cm³/mol. The summed E-state index contributed by atoms with van der Waals surface area (Å²) in [6.45, 7) is 1.83. The number of carbonyl (C=O) groups excluding carboxylic acids is 2. The van der Waals surface area contributed by atoms with Gasteiger partial charge in [-0.1, -0.05) is 41.9 Å². The summed E-state index contributed by atoms with van der Waals surface area (Å²) in [5.41, 5.74) is 1.32. The lowest BCUT2D eigenvalue weighted by atomic mass is 9.81. The minimum atomic E-state index is -1.44. The Kier molecular flexibility index (Phi) is 3.93. The number of benzene rings is 1. The molecule has 1 aliphatic carbocycles. The predicted octanol–water partition coefficient (Wildman–Crippen LogP) is 3.66. The number of Topliss-reactive ketones (excluding diaryl/α,β-unsaturated/α-hetero) is 1. The van der Waals surface area contributed by atoms with Crippen molar-refractivity contribution in [2.24, 2.45) is 5.92 Å². The highest BCUT2D eigenvalue weighted by molar-refractivity contribution is 6.42. The van der Waals surface area contributed by atoms with Crippen molar-refractivity contribution in [3.63, 3.8) is 0 Å². The zero-order valence-electron chi connectivity index (χ0n) is 10.3. The summed E-state index contributed by atoms with van der Waals surface area (Å²) >= 11 is 12.3. The van der Waals surface area contributed by atoms with E-state index >= 15 is 0 Å². The average molecular weight is 295 g/mol. The third-order valence-corrected chi connectivity index (χ3v) is 3.95. The number of halogens is 2. The second kappa shape index (κ2) is 5.32. The van der Waals surface area contributed by atoms with E-state index in [1.54, 1.807) is 24.3 Å². The van der Waals surface area contributed by atoms with Crippen molar-refractivity contribution in [2.75, 3.05) is 0 Å². The molecule has 2 rings (SSSR count). The van der Waals surface area contributed by atoms with E-state index in [1.165, 1.54) is 6.08 Å². The number of ketones is 1. The number of aryl methyl sites for hydroxylation is 1. The molecule has 19 heavy (non-hydrogen) atoms. The Bertz CT molecular complexity index is 590. The van der Waals surface area contributed by atoms with E-state index in [1.807, 2.05) is 19.1 Å². The van der Waals surface area contributed by atoms with E-state index in [9.17, 15) is 9.59 Å². The summed E-state index contributed by atoms with van der Waals surface area (Å²) in [4.78, 5) is 22.3. The molecule has 98 valence electrons. The molecule has 0 spiro atoms. The first kappa shape index (κ1) is 14.0. The van der Waals surface area contributed by atoms with Gasteiger partial charge in [-0.05, 0) is 24.6 Å². The SMILES string of the molecule is Cc1ccccc1C(=O)C1(Cl)C=C(Cl)C=CC1C=O. The Morgan fingerprint density at radius 1 is 1.37 bits per heavy atom. The number of allylic oxidation sites excluding steroid dienone is 4. The van der Waals surface area contributed by atoms with Gasteiger partial charge in [0.25, 0.3) is 0 Å². The third kappa shape index (κ3) is 2.51. The van der Waals surface area contributed by atoms with Crippen LogP contribution in [-0.4, -0.2) is 16.9 Å². The van der Waals surface area contributed by atoms with E-state index < -0.39 is 10.8 Å². The molecule has 0 radical (unpaired) electrons. The van der Waals surface area contributed by atoms with Crippen molar-refractivity contribution >= 4 is 35.3 Å². The molecule has 0 N–H and O–H groups in total. The Labute approximate surface area is 121 Å². The second-order valence-electron chi connectivity index (χ2n) is 4.46. The van der Waals surface area contributed by atoms with Gasteiger partial charge in [0.15, 0.2) is 5.78 Å². The molecule has 0 saturated heterocycles. The normalized spacial score (nSPS) is 25.8. The molecule has 0 amide bonds. The number of alkyl halides is 1. The minimum Gasteiger partial charge on any atom is -0.303 e. The third-order valence-electron chi connectivity index (χ3n) is 3.18. The van der Waals surface area contributed by atoms with Gasteiger partial charge in [0.2, 0.25) is 0 Å². The topological polar surface area (TPSA) is 34.1 Å². The number of hydrogen-bond donors (Lipinski definition) is 0. The summed E-state index contributed by atoms with van der Waals surface area (Å²) in [7, 11) is 0. The molecule has 1 aromatic rings. The molecule has 2 unspecified atom stereocenters. The molecule has 0 fully saturated rings. The van der Waals surface area contributed by atoms with E-state index in [-0.39, 0.29) is 5.78 Å². The van der Waals surface area contributed by atoms with Crippen LogP contribution < -0.4 is 0 Å². The second-order valence-corrected chi connectivity index (χ2v) is 5.52. The Balaban J connectivity index is 2.50. The van der Waals surface area contributed by atoms with Gasteiger partial charge < -0.3 is 4.79 Å². The summed E-state index contributed by atoms with van der Waals surface area (Å²) in [6, 6.07) is 7.13. The van der Waals surface area contributed by atoms with Crippen molar-refractivity contribution in [1.29, 1.82) is 0 Å². The van der Waals surface area contributed by atoms with E-state index in [2.05, 4.69) is 0 Å². The number of aldehydes is 1. The van der Waals surface area contributed by atoms with Gasteiger partial charge in [-0.3, -0.25) is 4.79 Å². The van der Waals surface area contributed by atoms with Crippen LogP contribution in [0.3, 0.4) is 0 Å². The largest absolute Gasteiger partial charge is 0.303 e. The summed E-state index contributed by atoms with van der Waals surface area (Å²) in [5.74, 6) is -1.03. The van der Waals surface area contributed by atoms with E-state index in [0.717, 1.165) is 5.56 Å². The molecule has 0 aliphatic heterocycles. The standard InChI is InChI=1S/C15H12Cl2O2/c1-10-4-2-3-5-13(10)14(19)15(17)8-12(16)7-6-11(15)9-18/h2-9,11H,1H3. The zero-order valence-corrected chi connectivity index (χ0v) is 11.8. The minimum absolute atomic E-state index is 0.313. The lowest BCUT2D eigenvalue weighted by Crippen LogP contribution is -2.40. The number of carbonyl (C=O) groups is 2. The fourth-order valence-electron chi connectivity index (χ4n) is 2.08. The fourth-order valence-corrected chi connectivity index (χ4v) is 2.72. The summed E-state index contributed by atoms with van der Waals surface area (Å²) in [5, 5.41) is 0.357. The first-order valence-electron chi connectivity index (χ1n) is 5.80. The van der Waals surface area contributed by atoms with Crippen LogP contribution in [-0.2, 0) is 4.79 Å². The molecule has 1 aromatic carbocycles. The lowest BCUT2D eigenvalue weighted by Gasteiger charge is -2.29. The molecular weight excluding hydrogens is 283 g/mol. The van der Waals surface area contributed by atoms with Crippen LogP contribution in [0.4, 0.5) is 0 Å². The van der Waals surface area contributed by atoms with Crippen molar-refractivity contribution in [1.82, 2.24) is 0 Å². The zero-order chi connectivity index (χ0) is 14.0. The first-order valence-corrected chi connectivity index (χ1v) is 6.56. The number of rotatable bonds is 3. The van der Waals surface area contributed by atoms with Crippen molar-refractivity contribution in [3.8, 4) is 0 Å². The van der Waals surface area contributed by atoms with Crippen LogP contribution >= 0.6 is 23.2 Å². The average Bonchev–Trinajstić information content (AvgIpc) is 2.38. The maximum Gasteiger partial charge on any atom is 0.188 e. The van der Waals surface area contributed by atoms with Gasteiger partial charge in [0.05, 0.1) is 5.92 Å². The molecule has 2 nitrogen and oxygen atoms in total. The van der Waals surface area contributed by atoms with Gasteiger partial charge in [0.1, 0.15) is 11.2 Å². The molecular formula is C15H12Cl2O2. The Morgan fingerprint density at radius 2 is 2.05 bits per heavy atom. The molecule has 0 saturated carbocycles. The highest BCUT2D eigenvalue weighted by Crippen LogP contribution is 2.37. The highest BCUT2D eigenvalue weighted by atomic mass is 35.5. The monoisotopic (exact) mass is 294 g/mol. The quantitative estimate of drug-likeness (QED) is 0.484. The van der Waals surface area contributed by atoms with Gasteiger partial charge in [0, 0.05) is 10.6 Å². The van der Waals surface area contributed by atoms with Gasteiger partial charge in [-0.15, -0.1) is 11.6 Å². The Hall–Kier alpha value is -1.38. The first-order chi connectivity index (χ1) is 8.99. The molecule has 0 bridgehead atoms. The molecule has 0 heterocycles. The van der Waals surface area contributed by atoms with Gasteiger partial charge in [-0.25, -0.2) is 0 Å². The van der Waals surface area contributed by atoms with E-state index in [0.29, 0.717) is 16.9 Å². The summed E-state index contributed by atoms with van der Waals surface area (Å²) < 4.78 is 0. The molecule has 1 aliphatic rings. The Morgan fingerprint density at radius 3 is 2.68 bits per heavy atom. The molecule has 2 atom stereocenters. The van der Waals surface area contributed by atoms with Crippen molar-refractivity contribution in [2.45, 2.75) is 11.8 Å². The summed E-state index contributed by atoms with van der Waals surface area (Å²) in [6.07, 6.45) is 5.23. The highest BCUT2D eigenvalue weighted by Gasteiger charge is 2.43.